The van der Waals surface area contributed by atoms with Crippen molar-refractivity contribution in [1.82, 2.24) is 4.90 Å². The first kappa shape index (κ1) is 18.9. The van der Waals surface area contributed by atoms with Crippen LogP contribution < -0.4 is 5.32 Å². The third-order valence-electron chi connectivity index (χ3n) is 5.36. The molecule has 29 heavy (non-hydrogen) atoms. The topological polar surface area (TPSA) is 49.4 Å². The zero-order valence-corrected chi connectivity index (χ0v) is 16.2. The van der Waals surface area contributed by atoms with E-state index in [4.69, 9.17) is 0 Å². The van der Waals surface area contributed by atoms with E-state index in [1.165, 1.54) is 17.0 Å². The van der Waals surface area contributed by atoms with Crippen LogP contribution in [0.5, 0.6) is 0 Å². The second kappa shape index (κ2) is 7.51. The van der Waals surface area contributed by atoms with Crippen molar-refractivity contribution in [2.75, 3.05) is 12.4 Å². The van der Waals surface area contributed by atoms with E-state index in [9.17, 15) is 14.0 Å². The third kappa shape index (κ3) is 3.51. The van der Waals surface area contributed by atoms with Crippen LogP contribution in [0.25, 0.3) is 0 Å². The fraction of sp³-hybridized carbons (Fsp3) is 0.167. The lowest BCUT2D eigenvalue weighted by Crippen LogP contribution is -2.52. The van der Waals surface area contributed by atoms with Crippen LogP contribution in [0.15, 0.2) is 72.8 Å². The molecule has 0 fully saturated rings. The number of likely N-dealkylation sites (N-methyl/N-ethyl adjacent to an activating group) is 1. The minimum atomic E-state index is -0.761. The molecule has 146 valence electrons. The number of rotatable bonds is 3. The number of hydrogen-bond acceptors (Lipinski definition) is 2. The van der Waals surface area contributed by atoms with Gasteiger partial charge in [0.25, 0.3) is 5.91 Å². The largest absolute Gasteiger partial charge is 0.329 e. The first-order chi connectivity index (χ1) is 14.0. The van der Waals surface area contributed by atoms with E-state index in [1.807, 2.05) is 43.3 Å². The monoisotopic (exact) mass is 388 g/mol. The van der Waals surface area contributed by atoms with Gasteiger partial charge in [-0.2, -0.15) is 0 Å². The number of benzene rings is 3. The van der Waals surface area contributed by atoms with Gasteiger partial charge in [0.15, 0.2) is 0 Å². The molecular formula is C24H21FN2O2. The summed E-state index contributed by atoms with van der Waals surface area (Å²) in [7, 11) is 1.63. The lowest BCUT2D eigenvalue weighted by Gasteiger charge is -2.39. The van der Waals surface area contributed by atoms with Crippen molar-refractivity contribution in [2.24, 2.45) is 0 Å². The normalized spacial score (nSPS) is 18.3. The van der Waals surface area contributed by atoms with Gasteiger partial charge in [-0.15, -0.1) is 0 Å². The molecule has 1 heterocycles. The Kier molecular flexibility index (Phi) is 4.89. The highest BCUT2D eigenvalue weighted by Crippen LogP contribution is 2.38. The van der Waals surface area contributed by atoms with Gasteiger partial charge in [-0.25, -0.2) is 4.39 Å². The van der Waals surface area contributed by atoms with E-state index in [1.54, 1.807) is 31.3 Å². The van der Waals surface area contributed by atoms with Gasteiger partial charge in [0.2, 0.25) is 5.91 Å². The third-order valence-corrected chi connectivity index (χ3v) is 5.36. The van der Waals surface area contributed by atoms with Gasteiger partial charge < -0.3 is 10.2 Å². The van der Waals surface area contributed by atoms with Gasteiger partial charge in [-0.05, 0) is 53.9 Å². The smallest absolute Gasteiger partial charge is 0.254 e. The Morgan fingerprint density at radius 3 is 2.45 bits per heavy atom. The number of nitrogens with zero attached hydrogens (tertiary/aromatic N) is 1. The van der Waals surface area contributed by atoms with E-state index < -0.39 is 12.0 Å². The molecule has 4 nitrogen and oxygen atoms in total. The maximum absolute atomic E-state index is 13.5. The molecule has 0 saturated carbocycles. The SMILES string of the molecule is Cc1cccc(NC(=O)C2C(c3ccc(F)cc3)c3ccccc3C(=O)N2C)c1. The summed E-state index contributed by atoms with van der Waals surface area (Å²) in [4.78, 5) is 27.7. The van der Waals surface area contributed by atoms with Crippen LogP contribution in [-0.4, -0.2) is 29.8 Å². The Morgan fingerprint density at radius 2 is 1.72 bits per heavy atom. The summed E-state index contributed by atoms with van der Waals surface area (Å²) in [5.74, 6) is -1.24. The number of anilines is 1. The van der Waals surface area contributed by atoms with Gasteiger partial charge in [0, 0.05) is 24.2 Å². The molecule has 1 aliphatic rings. The van der Waals surface area contributed by atoms with Crippen LogP contribution in [0, 0.1) is 12.7 Å². The molecule has 0 spiro atoms. The summed E-state index contributed by atoms with van der Waals surface area (Å²) in [5.41, 5.74) is 3.81. The molecule has 2 unspecified atom stereocenters. The van der Waals surface area contributed by atoms with E-state index in [2.05, 4.69) is 5.32 Å². The Morgan fingerprint density at radius 1 is 1.00 bits per heavy atom. The lowest BCUT2D eigenvalue weighted by atomic mass is 9.78. The van der Waals surface area contributed by atoms with Gasteiger partial charge in [-0.3, -0.25) is 9.59 Å². The number of aryl methyl sites for hydroxylation is 1. The average molecular weight is 388 g/mol. The van der Waals surface area contributed by atoms with Crippen molar-refractivity contribution < 1.29 is 14.0 Å². The van der Waals surface area contributed by atoms with Gasteiger partial charge in [0.05, 0.1) is 0 Å². The zero-order chi connectivity index (χ0) is 20.5. The van der Waals surface area contributed by atoms with E-state index in [0.717, 1.165) is 16.7 Å². The molecule has 1 aliphatic heterocycles. The Hall–Kier alpha value is -3.47. The minimum absolute atomic E-state index is 0.205. The average Bonchev–Trinajstić information content (AvgIpc) is 2.71. The van der Waals surface area contributed by atoms with Crippen LogP contribution in [0.2, 0.25) is 0 Å². The second-order valence-electron chi connectivity index (χ2n) is 7.34. The highest BCUT2D eigenvalue weighted by molar-refractivity contribution is 6.05. The molecule has 0 aromatic heterocycles. The van der Waals surface area contributed by atoms with Crippen molar-refractivity contribution in [3.63, 3.8) is 0 Å². The van der Waals surface area contributed by atoms with E-state index in [0.29, 0.717) is 11.3 Å². The molecule has 3 aromatic carbocycles. The summed E-state index contributed by atoms with van der Waals surface area (Å²) in [6, 6.07) is 20.1. The summed E-state index contributed by atoms with van der Waals surface area (Å²) in [6.45, 7) is 1.95. The van der Waals surface area contributed by atoms with Crippen LogP contribution in [-0.2, 0) is 4.79 Å². The van der Waals surface area contributed by atoms with E-state index >= 15 is 0 Å². The Bertz CT molecular complexity index is 1080. The molecule has 3 aromatic rings. The molecular weight excluding hydrogens is 367 g/mol. The molecule has 4 rings (SSSR count). The van der Waals surface area contributed by atoms with Crippen LogP contribution in [0.3, 0.4) is 0 Å². The maximum atomic E-state index is 13.5. The summed E-state index contributed by atoms with van der Waals surface area (Å²) in [5, 5.41) is 2.94. The number of carbonyl (C=O) groups excluding carboxylic acids is 2. The molecule has 2 atom stereocenters. The first-order valence-electron chi connectivity index (χ1n) is 9.45. The minimum Gasteiger partial charge on any atom is -0.329 e. The van der Waals surface area contributed by atoms with Crippen LogP contribution in [0.4, 0.5) is 10.1 Å². The molecule has 0 radical (unpaired) electrons. The number of nitrogens with one attached hydrogen (secondary N) is 1. The second-order valence-corrected chi connectivity index (χ2v) is 7.34. The van der Waals surface area contributed by atoms with Gasteiger partial charge in [-0.1, -0.05) is 42.5 Å². The summed E-state index contributed by atoms with van der Waals surface area (Å²) < 4.78 is 13.5. The molecule has 0 bridgehead atoms. The number of carbonyl (C=O) groups is 2. The van der Waals surface area contributed by atoms with Crippen molar-refractivity contribution >= 4 is 17.5 Å². The van der Waals surface area contributed by atoms with Crippen molar-refractivity contribution in [3.05, 3.63) is 101 Å². The maximum Gasteiger partial charge on any atom is 0.254 e. The van der Waals surface area contributed by atoms with E-state index in [-0.39, 0.29) is 17.6 Å². The quantitative estimate of drug-likeness (QED) is 0.725. The first-order valence-corrected chi connectivity index (χ1v) is 9.45. The summed E-state index contributed by atoms with van der Waals surface area (Å²) >= 11 is 0. The predicted molar refractivity (Wildman–Crippen MR) is 110 cm³/mol. The van der Waals surface area contributed by atoms with Crippen molar-refractivity contribution in [1.29, 1.82) is 0 Å². The number of halogens is 1. The predicted octanol–water partition coefficient (Wildman–Crippen LogP) is 4.36. The fourth-order valence-electron chi connectivity index (χ4n) is 3.97. The Balaban J connectivity index is 1.80. The van der Waals surface area contributed by atoms with Crippen molar-refractivity contribution in [3.8, 4) is 0 Å². The highest BCUT2D eigenvalue weighted by atomic mass is 19.1. The standard InChI is InChI=1S/C24H21FN2O2/c1-15-6-5-7-18(14-15)26-23(28)22-21(16-10-12-17(25)13-11-16)19-8-3-4-9-20(19)24(29)27(22)2/h3-14,21-22H,1-2H3,(H,26,28). The zero-order valence-electron chi connectivity index (χ0n) is 16.2. The van der Waals surface area contributed by atoms with Gasteiger partial charge in [0.1, 0.15) is 11.9 Å². The molecule has 1 N–H and O–H groups in total. The molecule has 2 amide bonds. The highest BCUT2D eigenvalue weighted by Gasteiger charge is 2.42. The fourth-order valence-corrected chi connectivity index (χ4v) is 3.97. The number of hydrogen-bond donors (Lipinski definition) is 1. The molecule has 5 heteroatoms. The lowest BCUT2D eigenvalue weighted by molar-refractivity contribution is -0.120. The van der Waals surface area contributed by atoms with Crippen LogP contribution >= 0.6 is 0 Å². The van der Waals surface area contributed by atoms with Crippen molar-refractivity contribution in [2.45, 2.75) is 18.9 Å². The Labute approximate surface area is 169 Å². The number of amides is 2. The number of fused-ring (bicyclic) bond motifs is 1. The van der Waals surface area contributed by atoms with Gasteiger partial charge >= 0.3 is 0 Å². The molecule has 0 saturated heterocycles. The van der Waals surface area contributed by atoms with Crippen LogP contribution in [0.1, 0.15) is 33.0 Å². The molecule has 0 aliphatic carbocycles. The summed E-state index contributed by atoms with van der Waals surface area (Å²) in [6.07, 6.45) is 0.